The molecule has 4 rings (SSSR count). The summed E-state index contributed by atoms with van der Waals surface area (Å²) in [5.74, 6) is 1.88. The van der Waals surface area contributed by atoms with E-state index in [1.807, 2.05) is 48.7 Å². The highest BCUT2D eigenvalue weighted by Crippen LogP contribution is 2.26. The summed E-state index contributed by atoms with van der Waals surface area (Å²) < 4.78 is 18.3. The third-order valence-electron chi connectivity index (χ3n) is 4.70. The molecule has 0 aliphatic carbocycles. The van der Waals surface area contributed by atoms with E-state index in [1.165, 1.54) is 0 Å². The van der Waals surface area contributed by atoms with Crippen molar-refractivity contribution in [2.45, 2.75) is 12.6 Å². The minimum atomic E-state index is -0.0695. The monoisotopic (exact) mass is 394 g/mol. The number of benzene rings is 2. The summed E-state index contributed by atoms with van der Waals surface area (Å²) in [5.41, 5.74) is 0.748. The Morgan fingerprint density at radius 2 is 1.76 bits per heavy atom. The third-order valence-corrected chi connectivity index (χ3v) is 4.70. The zero-order valence-corrected chi connectivity index (χ0v) is 16.1. The van der Waals surface area contributed by atoms with Gasteiger partial charge in [0.25, 0.3) is 5.91 Å². The van der Waals surface area contributed by atoms with Gasteiger partial charge in [-0.3, -0.25) is 4.79 Å². The highest BCUT2D eigenvalue weighted by molar-refractivity contribution is 5.78. The molecule has 0 spiro atoms. The number of amides is 1. The summed E-state index contributed by atoms with van der Waals surface area (Å²) in [6.07, 6.45) is 1.86. The van der Waals surface area contributed by atoms with Gasteiger partial charge in [-0.15, -0.1) is 5.10 Å². The van der Waals surface area contributed by atoms with Gasteiger partial charge < -0.3 is 19.1 Å². The number of ether oxygens (including phenoxy) is 3. The number of methoxy groups -OCH3 is 1. The molecule has 3 aromatic rings. The van der Waals surface area contributed by atoms with Crippen LogP contribution in [0.2, 0.25) is 0 Å². The van der Waals surface area contributed by atoms with E-state index in [0.29, 0.717) is 31.2 Å². The van der Waals surface area contributed by atoms with Gasteiger partial charge in [-0.25, -0.2) is 4.68 Å². The normalized spacial score (nSPS) is 13.6. The molecule has 1 amide bonds. The summed E-state index contributed by atoms with van der Waals surface area (Å²) in [5, 5.41) is 8.31. The summed E-state index contributed by atoms with van der Waals surface area (Å²) in [7, 11) is 1.57. The van der Waals surface area contributed by atoms with Crippen LogP contribution < -0.4 is 14.2 Å². The second kappa shape index (κ2) is 8.64. The summed E-state index contributed by atoms with van der Waals surface area (Å²) in [4.78, 5) is 14.1. The highest BCUT2D eigenvalue weighted by atomic mass is 16.5. The van der Waals surface area contributed by atoms with E-state index in [2.05, 4.69) is 10.3 Å². The van der Waals surface area contributed by atoms with Crippen LogP contribution in [-0.4, -0.2) is 52.6 Å². The van der Waals surface area contributed by atoms with Crippen molar-refractivity contribution in [1.82, 2.24) is 19.9 Å². The summed E-state index contributed by atoms with van der Waals surface area (Å²) >= 11 is 0. The topological polar surface area (TPSA) is 78.7 Å². The molecule has 8 heteroatoms. The fourth-order valence-corrected chi connectivity index (χ4v) is 3.03. The maximum Gasteiger partial charge on any atom is 0.260 e. The number of hydrogen-bond donors (Lipinski definition) is 0. The van der Waals surface area contributed by atoms with Crippen LogP contribution in [0.1, 0.15) is 11.7 Å². The highest BCUT2D eigenvalue weighted by Gasteiger charge is 2.33. The van der Waals surface area contributed by atoms with Crippen molar-refractivity contribution < 1.29 is 19.0 Å². The molecule has 2 heterocycles. The number of aromatic nitrogens is 3. The van der Waals surface area contributed by atoms with E-state index >= 15 is 0 Å². The zero-order valence-electron chi connectivity index (χ0n) is 16.1. The minimum absolute atomic E-state index is 0.0272. The summed E-state index contributed by atoms with van der Waals surface area (Å²) in [6, 6.07) is 16.9. The van der Waals surface area contributed by atoms with Crippen LogP contribution >= 0.6 is 0 Å². The molecule has 0 saturated carbocycles. The van der Waals surface area contributed by atoms with Gasteiger partial charge in [0.05, 0.1) is 19.3 Å². The van der Waals surface area contributed by atoms with Crippen LogP contribution in [0.15, 0.2) is 60.8 Å². The number of likely N-dealkylation sites (tertiary alicyclic amines) is 1. The molecule has 0 radical (unpaired) electrons. The predicted molar refractivity (Wildman–Crippen MR) is 105 cm³/mol. The fourth-order valence-electron chi connectivity index (χ4n) is 3.03. The van der Waals surface area contributed by atoms with E-state index in [0.717, 1.165) is 11.4 Å². The lowest BCUT2D eigenvalue weighted by Crippen LogP contribution is -2.52. The quantitative estimate of drug-likeness (QED) is 0.584. The van der Waals surface area contributed by atoms with Crippen molar-refractivity contribution in [3.63, 3.8) is 0 Å². The number of nitrogens with zero attached hydrogens (tertiary/aromatic N) is 4. The Hall–Kier alpha value is -3.55. The average Bonchev–Trinajstić information content (AvgIpc) is 3.19. The molecule has 8 nitrogen and oxygen atoms in total. The van der Waals surface area contributed by atoms with Gasteiger partial charge in [0.15, 0.2) is 18.1 Å². The lowest BCUT2D eigenvalue weighted by Gasteiger charge is -2.38. The van der Waals surface area contributed by atoms with Crippen molar-refractivity contribution in [3.05, 3.63) is 66.5 Å². The van der Waals surface area contributed by atoms with Gasteiger partial charge in [0.2, 0.25) is 0 Å². The van der Waals surface area contributed by atoms with Crippen molar-refractivity contribution in [1.29, 1.82) is 0 Å². The predicted octanol–water partition coefficient (Wildman–Crippen LogP) is 2.33. The van der Waals surface area contributed by atoms with E-state index in [9.17, 15) is 4.79 Å². The van der Waals surface area contributed by atoms with E-state index in [4.69, 9.17) is 14.2 Å². The van der Waals surface area contributed by atoms with Crippen LogP contribution in [0.4, 0.5) is 0 Å². The fraction of sp³-hybridized carbons (Fsp3) is 0.286. The molecule has 1 aliphatic rings. The Morgan fingerprint density at radius 1 is 1.03 bits per heavy atom. The maximum atomic E-state index is 12.3. The summed E-state index contributed by atoms with van der Waals surface area (Å²) in [6.45, 7) is 1.49. The number of hydrogen-bond acceptors (Lipinski definition) is 6. The van der Waals surface area contributed by atoms with E-state index in [1.54, 1.807) is 28.8 Å². The first-order valence-electron chi connectivity index (χ1n) is 9.35. The lowest BCUT2D eigenvalue weighted by molar-refractivity contribution is -0.139. The Kier molecular flexibility index (Phi) is 5.60. The molecule has 0 unspecified atom stereocenters. The van der Waals surface area contributed by atoms with Crippen molar-refractivity contribution >= 4 is 5.91 Å². The van der Waals surface area contributed by atoms with Gasteiger partial charge in [0, 0.05) is 13.1 Å². The van der Waals surface area contributed by atoms with Crippen LogP contribution in [-0.2, 0) is 11.4 Å². The molecule has 0 atom stereocenters. The molecule has 0 bridgehead atoms. The SMILES string of the molecule is COc1ccccc1OCC(=O)N1CC(n2cc(COc3ccccc3)nn2)C1. The molecule has 1 aromatic heterocycles. The number of carbonyl (C=O) groups excluding carboxylic acids is 1. The van der Waals surface area contributed by atoms with E-state index in [-0.39, 0.29) is 18.6 Å². The molecule has 1 fully saturated rings. The molecule has 150 valence electrons. The molecule has 1 saturated heterocycles. The molecule has 2 aromatic carbocycles. The minimum Gasteiger partial charge on any atom is -0.493 e. The number of para-hydroxylation sites is 3. The Labute approximate surface area is 168 Å². The average molecular weight is 394 g/mol. The number of carbonyl (C=O) groups is 1. The Bertz CT molecular complexity index is 954. The second-order valence-corrected chi connectivity index (χ2v) is 6.68. The van der Waals surface area contributed by atoms with Crippen molar-refractivity contribution in [2.75, 3.05) is 26.8 Å². The number of rotatable bonds is 8. The lowest BCUT2D eigenvalue weighted by atomic mass is 10.1. The Balaban J connectivity index is 1.23. The molecule has 1 aliphatic heterocycles. The van der Waals surface area contributed by atoms with Gasteiger partial charge in [-0.2, -0.15) is 0 Å². The van der Waals surface area contributed by atoms with Gasteiger partial charge in [-0.1, -0.05) is 35.5 Å². The van der Waals surface area contributed by atoms with Crippen LogP contribution in [0.3, 0.4) is 0 Å². The van der Waals surface area contributed by atoms with Crippen LogP contribution in [0.25, 0.3) is 0 Å². The first kappa shape index (κ1) is 18.8. The van der Waals surface area contributed by atoms with Crippen LogP contribution in [0.5, 0.6) is 17.2 Å². The van der Waals surface area contributed by atoms with Crippen molar-refractivity contribution in [3.8, 4) is 17.2 Å². The standard InChI is InChI=1S/C21H22N4O4/c1-27-19-9-5-6-10-20(19)29-15-21(26)24-12-17(13-24)25-11-16(22-23-25)14-28-18-7-3-2-4-8-18/h2-11,17H,12-15H2,1H3. The Morgan fingerprint density at radius 3 is 2.52 bits per heavy atom. The van der Waals surface area contributed by atoms with Crippen molar-refractivity contribution in [2.24, 2.45) is 0 Å². The maximum absolute atomic E-state index is 12.3. The first-order valence-corrected chi connectivity index (χ1v) is 9.35. The van der Waals surface area contributed by atoms with Gasteiger partial charge in [-0.05, 0) is 24.3 Å². The molecular formula is C21H22N4O4. The van der Waals surface area contributed by atoms with E-state index < -0.39 is 0 Å². The molecule has 29 heavy (non-hydrogen) atoms. The molecular weight excluding hydrogens is 372 g/mol. The van der Waals surface area contributed by atoms with Gasteiger partial charge >= 0.3 is 0 Å². The van der Waals surface area contributed by atoms with Gasteiger partial charge in [0.1, 0.15) is 18.1 Å². The third kappa shape index (κ3) is 4.48. The second-order valence-electron chi connectivity index (χ2n) is 6.68. The zero-order chi connectivity index (χ0) is 20.1. The van der Waals surface area contributed by atoms with Crippen LogP contribution in [0, 0.1) is 0 Å². The largest absolute Gasteiger partial charge is 0.493 e. The smallest absolute Gasteiger partial charge is 0.260 e. The molecule has 0 N–H and O–H groups in total. The first-order chi connectivity index (χ1) is 14.2.